The molecule has 0 aromatic heterocycles. The molecule has 0 spiro atoms. The summed E-state index contributed by atoms with van der Waals surface area (Å²) >= 11 is 1.40. The number of hydrogen-bond donors (Lipinski definition) is 2. The van der Waals surface area contributed by atoms with E-state index in [1.807, 2.05) is 19.9 Å². The monoisotopic (exact) mass is 499 g/mol. The van der Waals surface area contributed by atoms with Crippen molar-refractivity contribution in [3.63, 3.8) is 0 Å². The molecule has 1 aromatic rings. The van der Waals surface area contributed by atoms with Crippen molar-refractivity contribution in [1.82, 2.24) is 10.2 Å². The number of amides is 2. The molecule has 33 heavy (non-hydrogen) atoms. The van der Waals surface area contributed by atoms with Gasteiger partial charge in [-0.1, -0.05) is 30.3 Å². The van der Waals surface area contributed by atoms with Crippen molar-refractivity contribution in [2.45, 2.75) is 62.9 Å². The first-order chi connectivity index (χ1) is 14.8. The molecule has 182 valence electrons. The fraction of sp³-hybridized carbons (Fsp3) is 0.545. The van der Waals surface area contributed by atoms with Gasteiger partial charge in [0.15, 0.2) is 0 Å². The summed E-state index contributed by atoms with van der Waals surface area (Å²) in [5, 5.41) is 2.29. The summed E-state index contributed by atoms with van der Waals surface area (Å²) in [6, 6.07) is 6.31. The van der Waals surface area contributed by atoms with Crippen molar-refractivity contribution in [2.24, 2.45) is 11.1 Å². The molecule has 0 radical (unpaired) electrons. The topological polar surface area (TPSA) is 128 Å². The first kappa shape index (κ1) is 26.9. The summed E-state index contributed by atoms with van der Waals surface area (Å²) in [7, 11) is 0. The lowest BCUT2D eigenvalue weighted by atomic mass is 9.95. The van der Waals surface area contributed by atoms with Crippen LogP contribution < -0.4 is 11.1 Å². The second kappa shape index (κ2) is 9.90. The molecule has 2 aliphatic heterocycles. The molecular formula is C22H30ClN3O6S. The number of nitrogens with one attached hydrogen (secondary N) is 1. The molecule has 1 aromatic carbocycles. The Morgan fingerprint density at radius 2 is 1.79 bits per heavy atom. The fourth-order valence-electron chi connectivity index (χ4n) is 3.62. The molecule has 2 aliphatic rings. The number of thioether (sulfide) groups is 1. The van der Waals surface area contributed by atoms with Crippen molar-refractivity contribution >= 4 is 47.9 Å². The van der Waals surface area contributed by atoms with Gasteiger partial charge in [-0.3, -0.25) is 14.4 Å². The van der Waals surface area contributed by atoms with Crippen LogP contribution in [0.4, 0.5) is 0 Å². The molecule has 0 bridgehead atoms. The van der Waals surface area contributed by atoms with Gasteiger partial charge in [0.25, 0.3) is 0 Å². The van der Waals surface area contributed by atoms with E-state index in [0.717, 1.165) is 0 Å². The molecular weight excluding hydrogens is 470 g/mol. The molecule has 9 nitrogen and oxygen atoms in total. The standard InChI is InChI=1S/C22H29N3O6S.ClH/c1-21(2,3)20(29)31-11-30-19(28)15-22(4,5)32-18-14(17(27)25(15)18)24-16(26)13(23)12-9-7-6-8-10-12;/h6-10,13-15,18H,11,23H2,1-5H3,(H,24,26);1H/t13?,14-,15+,18-;/m1./s1. The maximum atomic E-state index is 12.8. The highest BCUT2D eigenvalue weighted by Gasteiger charge is 2.64. The second-order valence-corrected chi connectivity index (χ2v) is 11.2. The zero-order valence-corrected chi connectivity index (χ0v) is 20.8. The number of carbonyl (C=O) groups excluding carboxylic acids is 4. The number of rotatable bonds is 6. The van der Waals surface area contributed by atoms with Gasteiger partial charge in [0.05, 0.1) is 5.41 Å². The Hall–Kier alpha value is -2.30. The predicted molar refractivity (Wildman–Crippen MR) is 125 cm³/mol. The fourth-order valence-corrected chi connectivity index (χ4v) is 5.24. The molecule has 4 atom stereocenters. The summed E-state index contributed by atoms with van der Waals surface area (Å²) in [5.41, 5.74) is 5.94. The van der Waals surface area contributed by atoms with Gasteiger partial charge in [-0.05, 0) is 40.2 Å². The average molecular weight is 500 g/mol. The number of esters is 2. The number of hydrogen-bond acceptors (Lipinski definition) is 8. The SMILES string of the molecule is CC(C)(C)C(=O)OCOC(=O)[C@@H]1N2C(=O)[C@@H](NC(=O)C(N)c3ccccc3)[C@H]2SC1(C)C.Cl. The van der Waals surface area contributed by atoms with E-state index in [1.54, 1.807) is 45.0 Å². The highest BCUT2D eigenvalue weighted by Crippen LogP contribution is 2.51. The average Bonchev–Trinajstić information content (AvgIpc) is 2.98. The van der Waals surface area contributed by atoms with Crippen LogP contribution in [0.25, 0.3) is 0 Å². The van der Waals surface area contributed by atoms with Crippen LogP contribution in [0.3, 0.4) is 0 Å². The summed E-state index contributed by atoms with van der Waals surface area (Å²) in [4.78, 5) is 51.4. The zero-order valence-electron chi connectivity index (χ0n) is 19.2. The quantitative estimate of drug-likeness (QED) is 0.344. The lowest BCUT2D eigenvalue weighted by molar-refractivity contribution is -0.180. The summed E-state index contributed by atoms with van der Waals surface area (Å²) in [6.07, 6.45) is 0. The van der Waals surface area contributed by atoms with Crippen LogP contribution in [-0.4, -0.2) is 57.7 Å². The van der Waals surface area contributed by atoms with Crippen LogP contribution in [0.5, 0.6) is 0 Å². The minimum Gasteiger partial charge on any atom is -0.427 e. The van der Waals surface area contributed by atoms with Crippen LogP contribution in [0.1, 0.15) is 46.2 Å². The lowest BCUT2D eigenvalue weighted by Crippen LogP contribution is -2.71. The number of nitrogens with two attached hydrogens (primary N) is 1. The Balaban J connectivity index is 0.00000385. The second-order valence-electron chi connectivity index (χ2n) is 9.40. The van der Waals surface area contributed by atoms with Crippen LogP contribution in [0, 0.1) is 5.41 Å². The smallest absolute Gasteiger partial charge is 0.333 e. The van der Waals surface area contributed by atoms with Crippen LogP contribution in [-0.2, 0) is 28.7 Å². The van der Waals surface area contributed by atoms with Gasteiger partial charge >= 0.3 is 11.9 Å². The van der Waals surface area contributed by atoms with Gasteiger partial charge in [-0.25, -0.2) is 4.79 Å². The number of halogens is 1. The van der Waals surface area contributed by atoms with Gasteiger partial charge in [0.1, 0.15) is 23.5 Å². The molecule has 0 saturated carbocycles. The van der Waals surface area contributed by atoms with Crippen LogP contribution >= 0.6 is 24.2 Å². The third kappa shape index (κ3) is 5.44. The normalized spacial score (nSPS) is 24.0. The largest absolute Gasteiger partial charge is 0.427 e. The van der Waals surface area contributed by atoms with E-state index in [1.165, 1.54) is 16.7 Å². The van der Waals surface area contributed by atoms with Gasteiger partial charge in [0.2, 0.25) is 18.6 Å². The summed E-state index contributed by atoms with van der Waals surface area (Å²) in [6.45, 7) is 8.20. The van der Waals surface area contributed by atoms with Crippen molar-refractivity contribution in [1.29, 1.82) is 0 Å². The summed E-state index contributed by atoms with van der Waals surface area (Å²) in [5.74, 6) is -2.00. The zero-order chi connectivity index (χ0) is 23.8. The number of fused-ring (bicyclic) bond motifs is 1. The third-order valence-electron chi connectivity index (χ3n) is 5.41. The first-order valence-electron chi connectivity index (χ1n) is 10.3. The maximum absolute atomic E-state index is 12.8. The lowest BCUT2D eigenvalue weighted by Gasteiger charge is -2.44. The predicted octanol–water partition coefficient (Wildman–Crippen LogP) is 1.75. The molecule has 0 aliphatic carbocycles. The molecule has 2 fully saturated rings. The molecule has 11 heteroatoms. The van der Waals surface area contributed by atoms with Crippen LogP contribution in [0.15, 0.2) is 30.3 Å². The van der Waals surface area contributed by atoms with E-state index in [9.17, 15) is 19.2 Å². The number of benzene rings is 1. The van der Waals surface area contributed by atoms with E-state index >= 15 is 0 Å². The molecule has 3 rings (SSSR count). The van der Waals surface area contributed by atoms with Gasteiger partial charge < -0.3 is 25.4 Å². The van der Waals surface area contributed by atoms with Crippen molar-refractivity contribution in [3.05, 3.63) is 35.9 Å². The third-order valence-corrected chi connectivity index (χ3v) is 6.98. The Kier molecular flexibility index (Phi) is 8.09. The van der Waals surface area contributed by atoms with E-state index in [2.05, 4.69) is 5.32 Å². The highest BCUT2D eigenvalue weighted by molar-refractivity contribution is 8.01. The van der Waals surface area contributed by atoms with Crippen LogP contribution in [0.2, 0.25) is 0 Å². The molecule has 2 amide bonds. The summed E-state index contributed by atoms with van der Waals surface area (Å²) < 4.78 is 9.47. The maximum Gasteiger partial charge on any atom is 0.333 e. The van der Waals surface area contributed by atoms with E-state index < -0.39 is 58.3 Å². The number of β-lactam (4-membered cyclic amide) rings is 1. The van der Waals surface area contributed by atoms with E-state index in [0.29, 0.717) is 5.56 Å². The number of nitrogens with zero attached hydrogens (tertiary/aromatic N) is 1. The van der Waals surface area contributed by atoms with Crippen molar-refractivity contribution in [2.75, 3.05) is 6.79 Å². The Morgan fingerprint density at radius 3 is 2.36 bits per heavy atom. The Morgan fingerprint density at radius 1 is 1.18 bits per heavy atom. The highest BCUT2D eigenvalue weighted by atomic mass is 35.5. The Bertz CT molecular complexity index is 920. The molecule has 2 saturated heterocycles. The minimum absolute atomic E-state index is 0. The molecule has 2 heterocycles. The minimum atomic E-state index is -0.907. The number of ether oxygens (including phenoxy) is 2. The first-order valence-corrected chi connectivity index (χ1v) is 11.2. The van der Waals surface area contributed by atoms with Gasteiger partial charge in [-0.2, -0.15) is 0 Å². The molecule has 1 unspecified atom stereocenters. The molecule has 3 N–H and O–H groups in total. The van der Waals surface area contributed by atoms with E-state index in [4.69, 9.17) is 15.2 Å². The van der Waals surface area contributed by atoms with Gasteiger partial charge in [-0.15, -0.1) is 24.2 Å². The van der Waals surface area contributed by atoms with Crippen molar-refractivity contribution < 1.29 is 28.7 Å². The Labute approximate surface area is 203 Å². The van der Waals surface area contributed by atoms with E-state index in [-0.39, 0.29) is 18.3 Å². The number of carbonyl (C=O) groups is 4. The van der Waals surface area contributed by atoms with Crippen molar-refractivity contribution in [3.8, 4) is 0 Å². The van der Waals surface area contributed by atoms with Gasteiger partial charge in [0, 0.05) is 4.75 Å².